The van der Waals surface area contributed by atoms with E-state index in [4.69, 9.17) is 17.0 Å². The lowest BCUT2D eigenvalue weighted by Crippen LogP contribution is -2.34. The van der Waals surface area contributed by atoms with Crippen LogP contribution in [0.15, 0.2) is 77.3 Å². The molecule has 0 saturated heterocycles. The molecule has 0 fully saturated rings. The Labute approximate surface area is 213 Å². The number of amides is 2. The highest BCUT2D eigenvalue weighted by molar-refractivity contribution is 9.10. The Kier molecular flexibility index (Phi) is 9.18. The van der Waals surface area contributed by atoms with E-state index in [1.54, 1.807) is 42.5 Å². The number of thiocarbonyl (C=S) groups is 1. The number of carbonyl (C=O) groups excluding carboxylic acids is 2. The summed E-state index contributed by atoms with van der Waals surface area (Å²) in [5.41, 5.74) is 2.64. The number of halogens is 1. The van der Waals surface area contributed by atoms with Gasteiger partial charge < -0.3 is 15.4 Å². The molecule has 0 aliphatic rings. The van der Waals surface area contributed by atoms with Crippen molar-refractivity contribution in [3.8, 4) is 5.75 Å². The molecule has 0 spiro atoms. The molecule has 3 aromatic rings. The first-order chi connectivity index (χ1) is 16.3. The second-order valence-electron chi connectivity index (χ2n) is 8.05. The largest absolute Gasteiger partial charge is 0.492 e. The monoisotopic (exact) mass is 539 g/mol. The smallest absolute Gasteiger partial charge is 0.257 e. The van der Waals surface area contributed by atoms with Crippen LogP contribution in [-0.2, 0) is 11.2 Å². The van der Waals surface area contributed by atoms with Crippen molar-refractivity contribution in [1.82, 2.24) is 5.32 Å². The van der Waals surface area contributed by atoms with E-state index in [0.717, 1.165) is 5.56 Å². The number of nitrogens with one attached hydrogen (secondary N) is 3. The molecule has 3 rings (SSSR count). The lowest BCUT2D eigenvalue weighted by molar-refractivity contribution is -0.115. The third-order valence-electron chi connectivity index (χ3n) is 4.61. The second-order valence-corrected chi connectivity index (χ2v) is 9.31. The van der Waals surface area contributed by atoms with Crippen molar-refractivity contribution in [3.05, 3.63) is 88.4 Å². The van der Waals surface area contributed by atoms with Crippen molar-refractivity contribution < 1.29 is 14.3 Å². The summed E-state index contributed by atoms with van der Waals surface area (Å²) >= 11 is 8.74. The number of ether oxygens (including phenoxy) is 1. The minimum absolute atomic E-state index is 0.120. The molecule has 6 nitrogen and oxygen atoms in total. The first-order valence-corrected chi connectivity index (χ1v) is 12.0. The lowest BCUT2D eigenvalue weighted by atomic mass is 10.1. The molecule has 3 N–H and O–H groups in total. The van der Waals surface area contributed by atoms with Gasteiger partial charge in [-0.1, -0.05) is 50.2 Å². The highest BCUT2D eigenvalue weighted by Crippen LogP contribution is 2.26. The Bertz CT molecular complexity index is 1170. The van der Waals surface area contributed by atoms with Crippen molar-refractivity contribution in [2.75, 3.05) is 17.2 Å². The van der Waals surface area contributed by atoms with Crippen LogP contribution in [-0.4, -0.2) is 23.5 Å². The van der Waals surface area contributed by atoms with Crippen LogP contribution >= 0.6 is 28.1 Å². The van der Waals surface area contributed by atoms with Crippen LogP contribution in [0.4, 0.5) is 11.4 Å². The predicted octanol–water partition coefficient (Wildman–Crippen LogP) is 5.79. The van der Waals surface area contributed by atoms with E-state index in [9.17, 15) is 9.59 Å². The van der Waals surface area contributed by atoms with Crippen LogP contribution in [0.1, 0.15) is 29.8 Å². The van der Waals surface area contributed by atoms with Gasteiger partial charge in [0.05, 0.1) is 17.5 Å². The van der Waals surface area contributed by atoms with Gasteiger partial charge in [-0.3, -0.25) is 14.9 Å². The van der Waals surface area contributed by atoms with Gasteiger partial charge in [0.2, 0.25) is 5.91 Å². The molecule has 0 aliphatic carbocycles. The van der Waals surface area contributed by atoms with Gasteiger partial charge in [0.25, 0.3) is 5.91 Å². The van der Waals surface area contributed by atoms with Gasteiger partial charge >= 0.3 is 0 Å². The zero-order chi connectivity index (χ0) is 24.5. The van der Waals surface area contributed by atoms with E-state index in [1.165, 1.54) is 0 Å². The van der Waals surface area contributed by atoms with Gasteiger partial charge in [-0.15, -0.1) is 0 Å². The Morgan fingerprint density at radius 2 is 1.65 bits per heavy atom. The summed E-state index contributed by atoms with van der Waals surface area (Å²) in [5, 5.41) is 8.66. The Balaban J connectivity index is 1.55. The summed E-state index contributed by atoms with van der Waals surface area (Å²) in [6.45, 7) is 4.72. The summed E-state index contributed by atoms with van der Waals surface area (Å²) in [6, 6.07) is 21.8. The summed E-state index contributed by atoms with van der Waals surface area (Å²) in [7, 11) is 0. The molecule has 8 heteroatoms. The van der Waals surface area contributed by atoms with Crippen LogP contribution < -0.4 is 20.7 Å². The van der Waals surface area contributed by atoms with Crippen LogP contribution in [0.25, 0.3) is 0 Å². The van der Waals surface area contributed by atoms with Crippen LogP contribution in [0.3, 0.4) is 0 Å². The number of hydrogen-bond acceptors (Lipinski definition) is 4. The standard InChI is InChI=1S/C26H26BrN3O3S/c1-17(2)16-33-23-12-11-19(14-22(23)27)25(32)30-26(34)29-21-10-6-9-20(15-21)28-24(31)13-18-7-4-3-5-8-18/h3-12,14-15,17H,13,16H2,1-2H3,(H,28,31)(H2,29,30,32,34). The molecular weight excluding hydrogens is 514 g/mol. The zero-order valence-corrected chi connectivity index (χ0v) is 21.3. The van der Waals surface area contributed by atoms with Gasteiger partial charge in [0.15, 0.2) is 5.11 Å². The van der Waals surface area contributed by atoms with Crippen molar-refractivity contribution in [1.29, 1.82) is 0 Å². The van der Waals surface area contributed by atoms with E-state index in [1.807, 2.05) is 30.3 Å². The maximum absolute atomic E-state index is 12.6. The first kappa shape index (κ1) is 25.4. The van der Waals surface area contributed by atoms with E-state index in [-0.39, 0.29) is 23.3 Å². The van der Waals surface area contributed by atoms with Crippen molar-refractivity contribution in [2.24, 2.45) is 5.92 Å². The molecule has 0 saturated carbocycles. The Hall–Kier alpha value is -3.23. The van der Waals surface area contributed by atoms with Gasteiger partial charge in [-0.05, 0) is 76.0 Å². The van der Waals surface area contributed by atoms with Gasteiger partial charge in [-0.25, -0.2) is 0 Å². The number of anilines is 2. The molecule has 3 aromatic carbocycles. The Morgan fingerprint density at radius 1 is 0.941 bits per heavy atom. The van der Waals surface area contributed by atoms with Crippen molar-refractivity contribution in [3.63, 3.8) is 0 Å². The molecule has 0 radical (unpaired) electrons. The lowest BCUT2D eigenvalue weighted by Gasteiger charge is -2.13. The minimum atomic E-state index is -0.346. The predicted molar refractivity (Wildman–Crippen MR) is 143 cm³/mol. The quantitative estimate of drug-likeness (QED) is 0.315. The first-order valence-electron chi connectivity index (χ1n) is 10.8. The molecule has 0 aliphatic heterocycles. The SMILES string of the molecule is CC(C)COc1ccc(C(=O)NC(=S)Nc2cccc(NC(=O)Cc3ccccc3)c2)cc1Br. The van der Waals surface area contributed by atoms with E-state index in [0.29, 0.717) is 39.7 Å². The molecule has 0 unspecified atom stereocenters. The molecule has 0 bridgehead atoms. The molecule has 2 amide bonds. The maximum atomic E-state index is 12.6. The topological polar surface area (TPSA) is 79.5 Å². The van der Waals surface area contributed by atoms with Crippen LogP contribution in [0.2, 0.25) is 0 Å². The van der Waals surface area contributed by atoms with E-state index in [2.05, 4.69) is 45.7 Å². The van der Waals surface area contributed by atoms with Gasteiger partial charge in [0, 0.05) is 16.9 Å². The van der Waals surface area contributed by atoms with E-state index >= 15 is 0 Å². The maximum Gasteiger partial charge on any atom is 0.257 e. The third kappa shape index (κ3) is 7.97. The second kappa shape index (κ2) is 12.3. The van der Waals surface area contributed by atoms with Crippen molar-refractivity contribution >= 4 is 56.4 Å². The average Bonchev–Trinajstić information content (AvgIpc) is 2.78. The fraction of sp³-hybridized carbons (Fsp3) is 0.192. The molecular formula is C26H26BrN3O3S. The fourth-order valence-corrected chi connectivity index (χ4v) is 3.72. The van der Waals surface area contributed by atoms with Crippen LogP contribution in [0, 0.1) is 5.92 Å². The number of benzene rings is 3. The molecule has 0 heterocycles. The van der Waals surface area contributed by atoms with E-state index < -0.39 is 0 Å². The number of hydrogen-bond donors (Lipinski definition) is 3. The highest BCUT2D eigenvalue weighted by atomic mass is 79.9. The van der Waals surface area contributed by atoms with Crippen LogP contribution in [0.5, 0.6) is 5.75 Å². The molecule has 0 atom stereocenters. The summed E-state index contributed by atoms with van der Waals surface area (Å²) < 4.78 is 6.41. The summed E-state index contributed by atoms with van der Waals surface area (Å²) in [5.74, 6) is 0.609. The van der Waals surface area contributed by atoms with Gasteiger partial charge in [-0.2, -0.15) is 0 Å². The van der Waals surface area contributed by atoms with Gasteiger partial charge in [0.1, 0.15) is 5.75 Å². The average molecular weight is 540 g/mol. The third-order valence-corrected chi connectivity index (χ3v) is 5.43. The number of carbonyl (C=O) groups is 2. The zero-order valence-electron chi connectivity index (χ0n) is 18.9. The minimum Gasteiger partial charge on any atom is -0.492 e. The summed E-state index contributed by atoms with van der Waals surface area (Å²) in [6.07, 6.45) is 0.282. The fourth-order valence-electron chi connectivity index (χ4n) is 3.01. The normalized spacial score (nSPS) is 10.5. The van der Waals surface area contributed by atoms with Crippen molar-refractivity contribution in [2.45, 2.75) is 20.3 Å². The molecule has 34 heavy (non-hydrogen) atoms. The molecule has 0 aromatic heterocycles. The Morgan fingerprint density at radius 3 is 2.32 bits per heavy atom. The summed E-state index contributed by atoms with van der Waals surface area (Å²) in [4.78, 5) is 24.9. The highest BCUT2D eigenvalue weighted by Gasteiger charge is 2.12. The molecule has 176 valence electrons. The number of rotatable bonds is 8.